The predicted octanol–water partition coefficient (Wildman–Crippen LogP) is 5.05. The van der Waals surface area contributed by atoms with E-state index in [-0.39, 0.29) is 17.4 Å². The molecule has 4 rings (SSSR count). The van der Waals surface area contributed by atoms with Crippen LogP contribution in [0.4, 0.5) is 5.69 Å². The Morgan fingerprint density at radius 1 is 0.897 bits per heavy atom. The molecule has 1 aliphatic rings. The van der Waals surface area contributed by atoms with Crippen molar-refractivity contribution in [1.82, 2.24) is 4.72 Å². The number of hydrogen-bond acceptors (Lipinski definition) is 4. The van der Waals surface area contributed by atoms with Crippen LogP contribution in [-0.2, 0) is 16.6 Å². The summed E-state index contributed by atoms with van der Waals surface area (Å²) in [6.07, 6.45) is 0. The van der Waals surface area contributed by atoms with E-state index in [1.54, 1.807) is 48.5 Å². The SMILES string of the molecule is O=S1(=O)NC(=NCc2ccc(Cl)cc2)Nc2c(Oc3ccccc3Cl)cccc21. The normalized spacial score (nSPS) is 15.9. The van der Waals surface area contributed by atoms with Gasteiger partial charge in [-0.1, -0.05) is 53.5 Å². The van der Waals surface area contributed by atoms with Gasteiger partial charge >= 0.3 is 0 Å². The summed E-state index contributed by atoms with van der Waals surface area (Å²) in [6.45, 7) is 0.269. The summed E-state index contributed by atoms with van der Waals surface area (Å²) in [5.74, 6) is 0.836. The van der Waals surface area contributed by atoms with Gasteiger partial charge < -0.3 is 10.1 Å². The smallest absolute Gasteiger partial charge is 0.266 e. The largest absolute Gasteiger partial charge is 0.454 e. The molecule has 0 saturated heterocycles. The molecule has 0 radical (unpaired) electrons. The third-order valence-electron chi connectivity index (χ3n) is 4.14. The van der Waals surface area contributed by atoms with E-state index in [4.69, 9.17) is 27.9 Å². The molecule has 148 valence electrons. The zero-order valence-corrected chi connectivity index (χ0v) is 17.2. The molecule has 0 atom stereocenters. The highest BCUT2D eigenvalue weighted by molar-refractivity contribution is 7.90. The van der Waals surface area contributed by atoms with Crippen molar-refractivity contribution < 1.29 is 13.2 Å². The van der Waals surface area contributed by atoms with E-state index in [0.717, 1.165) is 5.56 Å². The standard InChI is InChI=1S/C20H15Cl2N3O3S/c21-14-10-8-13(9-11-14)12-23-20-24-19-17(28-16-5-2-1-4-15(16)22)6-3-7-18(19)29(26,27)25-20/h1-11H,12H2,(H2,23,24,25). The first kappa shape index (κ1) is 19.6. The minimum absolute atomic E-state index is 0.0625. The predicted molar refractivity (Wildman–Crippen MR) is 115 cm³/mol. The van der Waals surface area contributed by atoms with Gasteiger partial charge in [0.15, 0.2) is 5.75 Å². The fraction of sp³-hybridized carbons (Fsp3) is 0.0500. The lowest BCUT2D eigenvalue weighted by atomic mass is 10.2. The molecule has 3 aromatic carbocycles. The van der Waals surface area contributed by atoms with E-state index in [2.05, 4.69) is 15.0 Å². The summed E-state index contributed by atoms with van der Waals surface area (Å²) in [6, 6.07) is 18.8. The van der Waals surface area contributed by atoms with Crippen LogP contribution in [-0.4, -0.2) is 14.4 Å². The average molecular weight is 448 g/mol. The number of benzene rings is 3. The fourth-order valence-electron chi connectivity index (χ4n) is 2.75. The molecule has 0 amide bonds. The van der Waals surface area contributed by atoms with Crippen molar-refractivity contribution in [3.63, 3.8) is 0 Å². The molecule has 0 saturated carbocycles. The van der Waals surface area contributed by atoms with Gasteiger partial charge in [-0.2, -0.15) is 0 Å². The molecule has 0 bridgehead atoms. The molecule has 3 aromatic rings. The summed E-state index contributed by atoms with van der Waals surface area (Å²) in [5.41, 5.74) is 1.18. The number of nitrogens with one attached hydrogen (secondary N) is 2. The number of rotatable bonds is 4. The van der Waals surface area contributed by atoms with Gasteiger partial charge in [-0.05, 0) is 42.0 Å². The maximum absolute atomic E-state index is 12.7. The van der Waals surface area contributed by atoms with Gasteiger partial charge in [-0.25, -0.2) is 18.1 Å². The summed E-state index contributed by atoms with van der Waals surface area (Å²) in [7, 11) is -3.80. The topological polar surface area (TPSA) is 79.8 Å². The first-order valence-corrected chi connectivity index (χ1v) is 10.8. The molecule has 6 nitrogen and oxygen atoms in total. The lowest BCUT2D eigenvalue weighted by molar-refractivity contribution is 0.483. The molecular formula is C20H15Cl2N3O3S. The van der Waals surface area contributed by atoms with Crippen LogP contribution in [0.1, 0.15) is 5.56 Å². The van der Waals surface area contributed by atoms with Crippen molar-refractivity contribution in [2.24, 2.45) is 4.99 Å². The first-order valence-electron chi connectivity index (χ1n) is 8.56. The van der Waals surface area contributed by atoms with Crippen LogP contribution in [0.2, 0.25) is 10.0 Å². The van der Waals surface area contributed by atoms with Crippen molar-refractivity contribution in [1.29, 1.82) is 0 Å². The number of ether oxygens (including phenoxy) is 1. The molecule has 1 aliphatic heterocycles. The van der Waals surface area contributed by atoms with E-state index in [9.17, 15) is 8.42 Å². The second-order valence-corrected chi connectivity index (χ2v) is 8.68. The van der Waals surface area contributed by atoms with E-state index in [0.29, 0.717) is 27.2 Å². The maximum atomic E-state index is 12.7. The molecule has 2 N–H and O–H groups in total. The van der Waals surface area contributed by atoms with Gasteiger partial charge in [0.1, 0.15) is 16.3 Å². The third-order valence-corrected chi connectivity index (χ3v) is 6.09. The van der Waals surface area contributed by atoms with Crippen LogP contribution < -0.4 is 14.8 Å². The van der Waals surface area contributed by atoms with Crippen LogP contribution >= 0.6 is 23.2 Å². The Kier molecular flexibility index (Phi) is 5.36. The lowest BCUT2D eigenvalue weighted by Crippen LogP contribution is -2.40. The lowest BCUT2D eigenvalue weighted by Gasteiger charge is -2.23. The van der Waals surface area contributed by atoms with Crippen molar-refractivity contribution in [2.75, 3.05) is 5.32 Å². The zero-order valence-electron chi connectivity index (χ0n) is 14.9. The van der Waals surface area contributed by atoms with Crippen molar-refractivity contribution >= 4 is 44.9 Å². The average Bonchev–Trinajstić information content (AvgIpc) is 2.69. The Labute approximate surface area is 178 Å². The van der Waals surface area contributed by atoms with Crippen LogP contribution in [0, 0.1) is 0 Å². The Balaban J connectivity index is 1.67. The highest BCUT2D eigenvalue weighted by atomic mass is 35.5. The second-order valence-electron chi connectivity index (χ2n) is 6.18. The van der Waals surface area contributed by atoms with Gasteiger partial charge in [0.25, 0.3) is 10.0 Å². The minimum Gasteiger partial charge on any atom is -0.454 e. The molecule has 0 aliphatic carbocycles. The third kappa shape index (κ3) is 4.32. The fourth-order valence-corrected chi connectivity index (χ4v) is 4.21. The zero-order chi connectivity index (χ0) is 20.4. The first-order chi connectivity index (χ1) is 13.9. The van der Waals surface area contributed by atoms with Gasteiger partial charge in [-0.3, -0.25) is 0 Å². The summed E-state index contributed by atoms with van der Waals surface area (Å²) < 4.78 is 33.7. The molecule has 0 aromatic heterocycles. The number of hydrogen-bond donors (Lipinski definition) is 2. The van der Waals surface area contributed by atoms with E-state index >= 15 is 0 Å². The Bertz CT molecular complexity index is 1200. The summed E-state index contributed by atoms with van der Waals surface area (Å²) >= 11 is 12.0. The number of para-hydroxylation sites is 2. The molecule has 0 unspecified atom stereocenters. The maximum Gasteiger partial charge on any atom is 0.266 e. The van der Waals surface area contributed by atoms with E-state index in [1.807, 2.05) is 12.1 Å². The quantitative estimate of drug-likeness (QED) is 0.586. The van der Waals surface area contributed by atoms with Crippen LogP contribution in [0.5, 0.6) is 11.5 Å². The van der Waals surface area contributed by atoms with Gasteiger partial charge in [0, 0.05) is 5.02 Å². The van der Waals surface area contributed by atoms with Gasteiger partial charge in [-0.15, -0.1) is 0 Å². The van der Waals surface area contributed by atoms with E-state index < -0.39 is 10.0 Å². The number of halogens is 2. The van der Waals surface area contributed by atoms with E-state index in [1.165, 1.54) is 6.07 Å². The number of sulfonamides is 1. The molecule has 9 heteroatoms. The number of guanidine groups is 1. The monoisotopic (exact) mass is 447 g/mol. The summed E-state index contributed by atoms with van der Waals surface area (Å²) in [5, 5.41) is 4.04. The van der Waals surface area contributed by atoms with Crippen molar-refractivity contribution in [3.05, 3.63) is 82.3 Å². The number of nitrogens with zero attached hydrogens (tertiary/aromatic N) is 1. The molecule has 1 heterocycles. The molecule has 0 spiro atoms. The Morgan fingerprint density at radius 2 is 1.62 bits per heavy atom. The highest BCUT2D eigenvalue weighted by Gasteiger charge is 2.29. The molecule has 29 heavy (non-hydrogen) atoms. The van der Waals surface area contributed by atoms with Gasteiger partial charge in [0.05, 0.1) is 11.6 Å². The van der Waals surface area contributed by atoms with Crippen LogP contribution in [0.25, 0.3) is 0 Å². The molecular weight excluding hydrogens is 433 g/mol. The van der Waals surface area contributed by atoms with Gasteiger partial charge in [0.2, 0.25) is 5.96 Å². The molecule has 0 fully saturated rings. The minimum atomic E-state index is -3.80. The number of fused-ring (bicyclic) bond motifs is 1. The Hall–Kier alpha value is -2.74. The number of anilines is 1. The van der Waals surface area contributed by atoms with Crippen LogP contribution in [0.3, 0.4) is 0 Å². The summed E-state index contributed by atoms with van der Waals surface area (Å²) in [4.78, 5) is 4.40. The van der Waals surface area contributed by atoms with Crippen molar-refractivity contribution in [3.8, 4) is 11.5 Å². The van der Waals surface area contributed by atoms with Crippen molar-refractivity contribution in [2.45, 2.75) is 11.4 Å². The number of aliphatic imine (C=N–C) groups is 1. The second kappa shape index (κ2) is 7.94. The highest BCUT2D eigenvalue weighted by Crippen LogP contribution is 2.38. The Morgan fingerprint density at radius 3 is 2.38 bits per heavy atom. The van der Waals surface area contributed by atoms with Crippen LogP contribution in [0.15, 0.2) is 76.6 Å².